The Morgan fingerprint density at radius 3 is 2.71 bits per heavy atom. The Morgan fingerprint density at radius 1 is 1.29 bits per heavy atom. The first-order chi connectivity index (χ1) is 10.2. The van der Waals surface area contributed by atoms with E-state index in [2.05, 4.69) is 11.0 Å². The van der Waals surface area contributed by atoms with Crippen LogP contribution < -0.4 is 0 Å². The zero-order chi connectivity index (χ0) is 14.7. The van der Waals surface area contributed by atoms with Gasteiger partial charge >= 0.3 is 0 Å². The molecule has 0 amide bonds. The molecular weight excluding hydrogens is 286 g/mol. The number of aliphatic hydroxyl groups is 1. The highest BCUT2D eigenvalue weighted by Crippen LogP contribution is 2.36. The van der Waals surface area contributed by atoms with Gasteiger partial charge in [0, 0.05) is 30.2 Å². The molecule has 1 saturated heterocycles. The van der Waals surface area contributed by atoms with Crippen LogP contribution >= 0.6 is 11.6 Å². The van der Waals surface area contributed by atoms with E-state index in [9.17, 15) is 5.11 Å². The fourth-order valence-corrected chi connectivity index (χ4v) is 3.53. The van der Waals surface area contributed by atoms with E-state index in [1.54, 1.807) is 0 Å². The summed E-state index contributed by atoms with van der Waals surface area (Å²) < 4.78 is 5.63. The molecule has 21 heavy (non-hydrogen) atoms. The van der Waals surface area contributed by atoms with Crippen molar-refractivity contribution in [2.75, 3.05) is 19.6 Å². The monoisotopic (exact) mass is 307 g/mol. The maximum Gasteiger partial charge on any atom is 0.111 e. The number of hydrogen-bond acceptors (Lipinski definition) is 3. The van der Waals surface area contributed by atoms with Crippen LogP contribution in [0, 0.1) is 0 Å². The van der Waals surface area contributed by atoms with Crippen molar-refractivity contribution in [2.24, 2.45) is 0 Å². The first-order valence-corrected chi connectivity index (χ1v) is 8.05. The third-order valence-electron chi connectivity index (χ3n) is 4.54. The normalized spacial score (nSPS) is 25.5. The molecule has 0 saturated carbocycles. The zero-order valence-electron chi connectivity index (χ0n) is 12.2. The predicted molar refractivity (Wildman–Crippen MR) is 84.3 cm³/mol. The number of allylic oxidation sites excluding steroid dienone is 1. The molecule has 4 heteroatoms. The second-order valence-corrected chi connectivity index (χ2v) is 6.43. The van der Waals surface area contributed by atoms with Gasteiger partial charge in [-0.2, -0.15) is 0 Å². The number of benzene rings is 1. The number of rotatable bonds is 3. The molecule has 1 aromatic carbocycles. The van der Waals surface area contributed by atoms with Crippen molar-refractivity contribution < 1.29 is 9.84 Å². The molecule has 3 nitrogen and oxygen atoms in total. The fraction of sp³-hybridized carbons (Fsp3) is 0.529. The first-order valence-electron chi connectivity index (χ1n) is 7.68. The fourth-order valence-electron chi connectivity index (χ4n) is 3.22. The van der Waals surface area contributed by atoms with Crippen molar-refractivity contribution in [1.29, 1.82) is 0 Å². The van der Waals surface area contributed by atoms with Gasteiger partial charge in [-0.15, -0.1) is 0 Å². The Hall–Kier alpha value is -1.03. The summed E-state index contributed by atoms with van der Waals surface area (Å²) in [5.74, 6) is 0. The number of halogens is 1. The van der Waals surface area contributed by atoms with Crippen molar-refractivity contribution in [3.05, 3.63) is 47.2 Å². The molecule has 1 unspecified atom stereocenters. The van der Waals surface area contributed by atoms with Crippen LogP contribution in [0.15, 0.2) is 36.6 Å². The van der Waals surface area contributed by atoms with E-state index in [0.717, 1.165) is 50.9 Å². The molecule has 0 aliphatic carbocycles. The van der Waals surface area contributed by atoms with E-state index in [0.29, 0.717) is 11.1 Å². The molecule has 114 valence electrons. The second kappa shape index (κ2) is 6.39. The molecule has 1 aromatic rings. The van der Waals surface area contributed by atoms with Crippen LogP contribution in [0.5, 0.6) is 0 Å². The standard InChI is InChI=1S/C17H22ClNO2/c18-16-7-2-1-6-15(16)17(20)8-10-19(11-9-17)13-14-5-3-4-12-21-14/h1-2,4,6-7,12,14,20H,3,5,8-11,13H2. The van der Waals surface area contributed by atoms with E-state index >= 15 is 0 Å². The van der Waals surface area contributed by atoms with Gasteiger partial charge in [-0.25, -0.2) is 0 Å². The van der Waals surface area contributed by atoms with Gasteiger partial charge in [0.1, 0.15) is 6.10 Å². The quantitative estimate of drug-likeness (QED) is 0.930. The minimum absolute atomic E-state index is 0.293. The Morgan fingerprint density at radius 2 is 2.05 bits per heavy atom. The van der Waals surface area contributed by atoms with Gasteiger partial charge in [-0.05, 0) is 37.8 Å². The summed E-state index contributed by atoms with van der Waals surface area (Å²) in [5.41, 5.74) is 0.0745. The Labute approximate surface area is 131 Å². The Balaban J connectivity index is 1.59. The summed E-state index contributed by atoms with van der Waals surface area (Å²) >= 11 is 6.24. The lowest BCUT2D eigenvalue weighted by atomic mass is 9.84. The van der Waals surface area contributed by atoms with Gasteiger partial charge in [0.25, 0.3) is 0 Å². The van der Waals surface area contributed by atoms with Gasteiger partial charge < -0.3 is 9.84 Å². The molecule has 2 aliphatic heterocycles. The van der Waals surface area contributed by atoms with Crippen LogP contribution in [-0.2, 0) is 10.3 Å². The smallest absolute Gasteiger partial charge is 0.111 e. The number of nitrogens with zero attached hydrogens (tertiary/aromatic N) is 1. The third-order valence-corrected chi connectivity index (χ3v) is 4.87. The average Bonchev–Trinajstić information content (AvgIpc) is 2.51. The van der Waals surface area contributed by atoms with Crippen molar-refractivity contribution in [3.8, 4) is 0 Å². The maximum absolute atomic E-state index is 10.9. The van der Waals surface area contributed by atoms with E-state index < -0.39 is 5.60 Å². The topological polar surface area (TPSA) is 32.7 Å². The molecule has 2 aliphatic rings. The number of hydrogen-bond donors (Lipinski definition) is 1. The van der Waals surface area contributed by atoms with Crippen LogP contribution in [0.2, 0.25) is 5.02 Å². The van der Waals surface area contributed by atoms with E-state index in [4.69, 9.17) is 16.3 Å². The molecule has 1 atom stereocenters. The van der Waals surface area contributed by atoms with E-state index in [-0.39, 0.29) is 0 Å². The lowest BCUT2D eigenvalue weighted by Crippen LogP contribution is -2.45. The summed E-state index contributed by atoms with van der Waals surface area (Å²) in [6.07, 6.45) is 7.81. The highest BCUT2D eigenvalue weighted by Gasteiger charge is 2.35. The first kappa shape index (κ1) is 14.9. The molecule has 2 heterocycles. The van der Waals surface area contributed by atoms with Crippen molar-refractivity contribution in [1.82, 2.24) is 4.90 Å². The largest absolute Gasteiger partial charge is 0.497 e. The maximum atomic E-state index is 10.9. The van der Waals surface area contributed by atoms with Crippen molar-refractivity contribution in [2.45, 2.75) is 37.4 Å². The average molecular weight is 308 g/mol. The number of ether oxygens (including phenoxy) is 1. The van der Waals surface area contributed by atoms with Gasteiger partial charge in [-0.3, -0.25) is 4.90 Å². The molecule has 1 fully saturated rings. The van der Waals surface area contributed by atoms with E-state index in [1.165, 1.54) is 0 Å². The zero-order valence-corrected chi connectivity index (χ0v) is 12.9. The van der Waals surface area contributed by atoms with Crippen LogP contribution in [0.4, 0.5) is 0 Å². The minimum atomic E-state index is -0.790. The van der Waals surface area contributed by atoms with Crippen LogP contribution in [0.25, 0.3) is 0 Å². The van der Waals surface area contributed by atoms with Gasteiger partial charge in [0.05, 0.1) is 11.9 Å². The molecule has 3 rings (SSSR count). The summed E-state index contributed by atoms with van der Waals surface area (Å²) in [7, 11) is 0. The number of piperidine rings is 1. The number of likely N-dealkylation sites (tertiary alicyclic amines) is 1. The van der Waals surface area contributed by atoms with Gasteiger partial charge in [0.2, 0.25) is 0 Å². The van der Waals surface area contributed by atoms with Crippen LogP contribution in [-0.4, -0.2) is 35.7 Å². The summed E-state index contributed by atoms with van der Waals surface area (Å²) in [6.45, 7) is 2.71. The molecule has 0 bridgehead atoms. The summed E-state index contributed by atoms with van der Waals surface area (Å²) in [5, 5.41) is 11.6. The van der Waals surface area contributed by atoms with Crippen molar-refractivity contribution in [3.63, 3.8) is 0 Å². The summed E-state index contributed by atoms with van der Waals surface area (Å²) in [6, 6.07) is 7.63. The van der Waals surface area contributed by atoms with Crippen molar-refractivity contribution >= 4 is 11.6 Å². The molecule has 0 radical (unpaired) electrons. The Bertz CT molecular complexity index is 509. The van der Waals surface area contributed by atoms with Crippen LogP contribution in [0.1, 0.15) is 31.2 Å². The van der Waals surface area contributed by atoms with Crippen LogP contribution in [0.3, 0.4) is 0 Å². The molecule has 0 spiro atoms. The highest BCUT2D eigenvalue weighted by molar-refractivity contribution is 6.31. The second-order valence-electron chi connectivity index (χ2n) is 6.02. The Kier molecular flexibility index (Phi) is 4.53. The molecule has 1 N–H and O–H groups in total. The lowest BCUT2D eigenvalue weighted by Gasteiger charge is -2.40. The molecule has 0 aromatic heterocycles. The van der Waals surface area contributed by atoms with Gasteiger partial charge in [0.15, 0.2) is 0 Å². The SMILES string of the molecule is OC1(c2ccccc2Cl)CCN(CC2CCC=CO2)CC1. The highest BCUT2D eigenvalue weighted by atomic mass is 35.5. The van der Waals surface area contributed by atoms with E-state index in [1.807, 2.05) is 30.5 Å². The predicted octanol–water partition coefficient (Wildman–Crippen LogP) is 3.32. The lowest BCUT2D eigenvalue weighted by molar-refractivity contribution is -0.0364. The third kappa shape index (κ3) is 3.42. The minimum Gasteiger partial charge on any atom is -0.497 e. The van der Waals surface area contributed by atoms with Gasteiger partial charge in [-0.1, -0.05) is 29.8 Å². The summed E-state index contributed by atoms with van der Waals surface area (Å²) in [4.78, 5) is 2.38. The molecular formula is C17H22ClNO2.